The number of amides is 1. The minimum absolute atomic E-state index is 0.0629. The van der Waals surface area contributed by atoms with Gasteiger partial charge in [-0.2, -0.15) is 0 Å². The number of nitrogens with one attached hydrogen (secondary N) is 2. The molecule has 1 amide bonds. The molecule has 1 aromatic rings. The van der Waals surface area contributed by atoms with Crippen LogP contribution in [0.5, 0.6) is 0 Å². The monoisotopic (exact) mass is 336 g/mol. The van der Waals surface area contributed by atoms with Crippen LogP contribution in [0.15, 0.2) is 34.2 Å². The maximum Gasteiger partial charge on any atom is 0.263 e. The fourth-order valence-electron chi connectivity index (χ4n) is 2.91. The molecule has 7 nitrogen and oxygen atoms in total. The van der Waals surface area contributed by atoms with Gasteiger partial charge in [-0.05, 0) is 38.1 Å². The standard InChI is InChI=1S/C15H20N4O3S/c1-19(11-6-8-16-9-7-11)14(20)10-17-15-12-4-2-3-5-13(12)23(21,22)18-15/h2-5,11,16H,6-10H2,1H3,(H,17,18). The number of nitrogens with zero attached hydrogens (tertiary/aromatic N) is 2. The highest BCUT2D eigenvalue weighted by Crippen LogP contribution is 2.22. The van der Waals surface area contributed by atoms with E-state index >= 15 is 0 Å². The van der Waals surface area contributed by atoms with Crippen molar-refractivity contribution in [2.45, 2.75) is 23.8 Å². The maximum absolute atomic E-state index is 12.3. The zero-order chi connectivity index (χ0) is 16.4. The Labute approximate surface area is 135 Å². The lowest BCUT2D eigenvalue weighted by atomic mass is 10.1. The van der Waals surface area contributed by atoms with E-state index in [0.29, 0.717) is 5.56 Å². The molecule has 23 heavy (non-hydrogen) atoms. The zero-order valence-electron chi connectivity index (χ0n) is 12.9. The predicted molar refractivity (Wildman–Crippen MR) is 86.8 cm³/mol. The molecule has 3 rings (SSSR count). The number of carbonyl (C=O) groups excluding carboxylic acids is 1. The highest BCUT2D eigenvalue weighted by Gasteiger charge is 2.30. The molecule has 124 valence electrons. The van der Waals surface area contributed by atoms with Crippen molar-refractivity contribution in [3.05, 3.63) is 29.8 Å². The zero-order valence-corrected chi connectivity index (χ0v) is 13.8. The van der Waals surface area contributed by atoms with Crippen LogP contribution in [0.1, 0.15) is 18.4 Å². The second-order valence-electron chi connectivity index (χ2n) is 5.75. The molecular formula is C15H20N4O3S. The number of amidine groups is 1. The lowest BCUT2D eigenvalue weighted by molar-refractivity contribution is -0.130. The van der Waals surface area contributed by atoms with E-state index in [1.54, 1.807) is 30.1 Å². The van der Waals surface area contributed by atoms with Crippen molar-refractivity contribution < 1.29 is 13.2 Å². The van der Waals surface area contributed by atoms with Gasteiger partial charge in [0.25, 0.3) is 10.0 Å². The van der Waals surface area contributed by atoms with Crippen LogP contribution in [0, 0.1) is 0 Å². The molecule has 0 radical (unpaired) electrons. The number of rotatable bonds is 3. The quantitative estimate of drug-likeness (QED) is 0.809. The molecule has 0 aromatic heterocycles. The van der Waals surface area contributed by atoms with Crippen LogP contribution in [0.2, 0.25) is 0 Å². The van der Waals surface area contributed by atoms with E-state index in [1.807, 2.05) is 0 Å². The number of hydrogen-bond acceptors (Lipinski definition) is 5. The molecule has 0 aliphatic carbocycles. The molecule has 0 bridgehead atoms. The van der Waals surface area contributed by atoms with E-state index in [-0.39, 0.29) is 29.2 Å². The summed E-state index contributed by atoms with van der Waals surface area (Å²) in [6.07, 6.45) is 1.85. The van der Waals surface area contributed by atoms with Crippen LogP contribution in [0.3, 0.4) is 0 Å². The molecule has 2 heterocycles. The average molecular weight is 336 g/mol. The van der Waals surface area contributed by atoms with Gasteiger partial charge in [-0.1, -0.05) is 12.1 Å². The van der Waals surface area contributed by atoms with Gasteiger partial charge in [0.2, 0.25) is 5.91 Å². The highest BCUT2D eigenvalue weighted by molar-refractivity contribution is 7.90. The largest absolute Gasteiger partial charge is 0.341 e. The van der Waals surface area contributed by atoms with Gasteiger partial charge in [0.1, 0.15) is 12.4 Å². The molecule has 8 heteroatoms. The summed E-state index contributed by atoms with van der Waals surface area (Å²) in [5.41, 5.74) is 0.518. The van der Waals surface area contributed by atoms with Crippen molar-refractivity contribution in [2.75, 3.05) is 26.7 Å². The first-order chi connectivity index (χ1) is 11.0. The Balaban J connectivity index is 1.72. The molecular weight excluding hydrogens is 316 g/mol. The van der Waals surface area contributed by atoms with Gasteiger partial charge in [0.15, 0.2) is 0 Å². The van der Waals surface area contributed by atoms with Crippen LogP contribution in [-0.2, 0) is 14.8 Å². The number of likely N-dealkylation sites (N-methyl/N-ethyl adjacent to an activating group) is 1. The van der Waals surface area contributed by atoms with Gasteiger partial charge >= 0.3 is 0 Å². The van der Waals surface area contributed by atoms with Gasteiger partial charge in [-0.3, -0.25) is 14.5 Å². The molecule has 2 N–H and O–H groups in total. The molecule has 2 aliphatic rings. The Morgan fingerprint density at radius 1 is 1.30 bits per heavy atom. The third-order valence-electron chi connectivity index (χ3n) is 4.28. The summed E-state index contributed by atoms with van der Waals surface area (Å²) in [7, 11) is -1.77. The van der Waals surface area contributed by atoms with E-state index in [1.165, 1.54) is 6.07 Å². The Bertz CT molecular complexity index is 739. The molecule has 0 atom stereocenters. The third-order valence-corrected chi connectivity index (χ3v) is 5.68. The van der Waals surface area contributed by atoms with Crippen LogP contribution >= 0.6 is 0 Å². The molecule has 1 fully saturated rings. The second kappa shape index (κ2) is 6.29. The van der Waals surface area contributed by atoms with Crippen molar-refractivity contribution in [1.29, 1.82) is 0 Å². The Hall–Kier alpha value is -1.93. The summed E-state index contributed by atoms with van der Waals surface area (Å²) >= 11 is 0. The Kier molecular flexibility index (Phi) is 4.36. The van der Waals surface area contributed by atoms with Crippen molar-refractivity contribution in [3.8, 4) is 0 Å². The van der Waals surface area contributed by atoms with Gasteiger partial charge in [-0.25, -0.2) is 8.42 Å². The minimum atomic E-state index is -3.56. The van der Waals surface area contributed by atoms with Crippen molar-refractivity contribution in [1.82, 2.24) is 14.9 Å². The molecule has 0 spiro atoms. The van der Waals surface area contributed by atoms with Gasteiger partial charge in [0.05, 0.1) is 4.90 Å². The van der Waals surface area contributed by atoms with E-state index in [2.05, 4.69) is 15.0 Å². The topological polar surface area (TPSA) is 90.9 Å². The van der Waals surface area contributed by atoms with Crippen molar-refractivity contribution >= 4 is 21.8 Å². The lowest BCUT2D eigenvalue weighted by Crippen LogP contribution is -2.44. The molecule has 2 aliphatic heterocycles. The molecule has 0 saturated carbocycles. The van der Waals surface area contributed by atoms with E-state index < -0.39 is 10.0 Å². The number of carbonyl (C=O) groups is 1. The summed E-state index contributed by atoms with van der Waals surface area (Å²) in [5, 5.41) is 3.26. The first-order valence-electron chi connectivity index (χ1n) is 7.62. The number of sulfonamides is 1. The third kappa shape index (κ3) is 3.23. The van der Waals surface area contributed by atoms with Crippen LogP contribution in [-0.4, -0.2) is 57.8 Å². The smallest absolute Gasteiger partial charge is 0.263 e. The van der Waals surface area contributed by atoms with E-state index in [9.17, 15) is 13.2 Å². The maximum atomic E-state index is 12.3. The normalized spacial score (nSPS) is 21.7. The van der Waals surface area contributed by atoms with E-state index in [0.717, 1.165) is 25.9 Å². The number of piperidine rings is 1. The Morgan fingerprint density at radius 2 is 2.00 bits per heavy atom. The summed E-state index contributed by atoms with van der Waals surface area (Å²) in [6, 6.07) is 6.85. The van der Waals surface area contributed by atoms with Crippen molar-refractivity contribution in [2.24, 2.45) is 4.99 Å². The minimum Gasteiger partial charge on any atom is -0.341 e. The molecule has 0 unspecified atom stereocenters. The lowest BCUT2D eigenvalue weighted by Gasteiger charge is -2.31. The van der Waals surface area contributed by atoms with Gasteiger partial charge in [-0.15, -0.1) is 0 Å². The van der Waals surface area contributed by atoms with Crippen LogP contribution in [0.25, 0.3) is 0 Å². The second-order valence-corrected chi connectivity index (χ2v) is 7.40. The first kappa shape index (κ1) is 15.9. The summed E-state index contributed by atoms with van der Waals surface area (Å²) in [5.74, 6) is 0.139. The molecule has 1 saturated heterocycles. The fraction of sp³-hybridized carbons (Fsp3) is 0.467. The molecule has 1 aromatic carbocycles. The summed E-state index contributed by atoms with van der Waals surface area (Å²) in [4.78, 5) is 18.4. The van der Waals surface area contributed by atoms with Crippen molar-refractivity contribution in [3.63, 3.8) is 0 Å². The van der Waals surface area contributed by atoms with Crippen LogP contribution in [0.4, 0.5) is 0 Å². The fourth-order valence-corrected chi connectivity index (χ4v) is 4.16. The predicted octanol–water partition coefficient (Wildman–Crippen LogP) is -0.0645. The number of aliphatic imine (C=N–C) groups is 1. The SMILES string of the molecule is CN(C(=O)CN=C1NS(=O)(=O)c2ccccc21)C1CCNCC1. The highest BCUT2D eigenvalue weighted by atomic mass is 32.2. The van der Waals surface area contributed by atoms with Gasteiger partial charge in [0, 0.05) is 18.7 Å². The summed E-state index contributed by atoms with van der Waals surface area (Å²) in [6.45, 7) is 1.75. The number of benzene rings is 1. The van der Waals surface area contributed by atoms with E-state index in [4.69, 9.17) is 0 Å². The number of fused-ring (bicyclic) bond motifs is 1. The number of hydrogen-bond donors (Lipinski definition) is 2. The van der Waals surface area contributed by atoms with Gasteiger partial charge < -0.3 is 10.2 Å². The average Bonchev–Trinajstić information content (AvgIpc) is 2.84. The van der Waals surface area contributed by atoms with Crippen LogP contribution < -0.4 is 10.0 Å². The summed E-state index contributed by atoms with van der Waals surface area (Å²) < 4.78 is 26.4. The Morgan fingerprint density at radius 3 is 2.74 bits per heavy atom. The first-order valence-corrected chi connectivity index (χ1v) is 9.10.